The first-order chi connectivity index (χ1) is 20.1. The number of hydrogen-bond acceptors (Lipinski definition) is 6. The van der Waals surface area contributed by atoms with E-state index in [4.69, 9.17) is 32.7 Å². The lowest BCUT2D eigenvalue weighted by Gasteiger charge is -2.33. The number of anilines is 1. The van der Waals surface area contributed by atoms with Crippen LogP contribution in [0.25, 0.3) is 0 Å². The van der Waals surface area contributed by atoms with E-state index in [2.05, 4.69) is 5.32 Å². The fourth-order valence-corrected chi connectivity index (χ4v) is 6.25. The highest BCUT2D eigenvalue weighted by molar-refractivity contribution is 7.92. The van der Waals surface area contributed by atoms with Crippen LogP contribution in [-0.4, -0.2) is 58.5 Å². The van der Waals surface area contributed by atoms with Crippen LogP contribution in [0.2, 0.25) is 10.0 Å². The number of sulfonamides is 1. The molecule has 0 aliphatic heterocycles. The molecule has 2 amide bonds. The highest BCUT2D eigenvalue weighted by atomic mass is 35.5. The molecule has 3 aromatic carbocycles. The molecule has 3 rings (SSSR count). The van der Waals surface area contributed by atoms with Crippen molar-refractivity contribution in [3.63, 3.8) is 0 Å². The SMILES string of the molecule is CCCNC(=O)C(CC)N(Cc1ccc(Cl)cc1Cl)C(=O)CN(c1cc(OC)ccc1OC)S(=O)(=O)c1ccccc1. The number of nitrogens with one attached hydrogen (secondary N) is 1. The van der Waals surface area contributed by atoms with Gasteiger partial charge in [-0.05, 0) is 54.8 Å². The molecule has 0 heterocycles. The third-order valence-electron chi connectivity index (χ3n) is 6.56. The van der Waals surface area contributed by atoms with Gasteiger partial charge in [-0.2, -0.15) is 0 Å². The lowest BCUT2D eigenvalue weighted by atomic mass is 10.1. The Morgan fingerprint density at radius 1 is 0.952 bits per heavy atom. The second kappa shape index (κ2) is 15.1. The second-order valence-electron chi connectivity index (χ2n) is 9.33. The third-order valence-corrected chi connectivity index (χ3v) is 8.92. The van der Waals surface area contributed by atoms with Crippen molar-refractivity contribution in [3.05, 3.63) is 82.3 Å². The van der Waals surface area contributed by atoms with Gasteiger partial charge in [-0.25, -0.2) is 8.42 Å². The van der Waals surface area contributed by atoms with Gasteiger partial charge in [-0.15, -0.1) is 0 Å². The van der Waals surface area contributed by atoms with Crippen LogP contribution in [0.1, 0.15) is 32.3 Å². The van der Waals surface area contributed by atoms with E-state index in [1.165, 1.54) is 37.3 Å². The Labute approximate surface area is 257 Å². The summed E-state index contributed by atoms with van der Waals surface area (Å²) in [4.78, 5) is 28.8. The van der Waals surface area contributed by atoms with E-state index < -0.39 is 28.5 Å². The predicted molar refractivity (Wildman–Crippen MR) is 165 cm³/mol. The minimum absolute atomic E-state index is 0.0253. The summed E-state index contributed by atoms with van der Waals surface area (Å²) in [6.07, 6.45) is 0.984. The van der Waals surface area contributed by atoms with Gasteiger partial charge in [0.2, 0.25) is 11.8 Å². The smallest absolute Gasteiger partial charge is 0.264 e. The second-order valence-corrected chi connectivity index (χ2v) is 12.0. The lowest BCUT2D eigenvalue weighted by molar-refractivity contribution is -0.140. The van der Waals surface area contributed by atoms with Crippen molar-refractivity contribution in [2.75, 3.05) is 31.6 Å². The van der Waals surface area contributed by atoms with E-state index in [9.17, 15) is 18.0 Å². The van der Waals surface area contributed by atoms with E-state index in [0.717, 1.165) is 4.31 Å². The number of halogens is 2. The van der Waals surface area contributed by atoms with Crippen LogP contribution in [-0.2, 0) is 26.2 Å². The normalized spacial score (nSPS) is 11.9. The molecule has 0 fully saturated rings. The number of methoxy groups -OCH3 is 2. The first-order valence-corrected chi connectivity index (χ1v) is 15.6. The first-order valence-electron chi connectivity index (χ1n) is 13.4. The van der Waals surface area contributed by atoms with E-state index in [0.29, 0.717) is 34.3 Å². The number of rotatable bonds is 14. The number of amides is 2. The Morgan fingerprint density at radius 2 is 1.67 bits per heavy atom. The molecule has 0 aliphatic carbocycles. The standard InChI is InChI=1S/C30H35Cl2N3O6S/c1-5-16-33-30(37)26(6-2)34(19-21-12-13-22(31)17-25(21)32)29(36)20-35(42(38,39)24-10-8-7-9-11-24)27-18-23(40-3)14-15-28(27)41-4/h7-15,17-18,26H,5-6,16,19-20H2,1-4H3,(H,33,37). The van der Waals surface area contributed by atoms with Gasteiger partial charge in [0.1, 0.15) is 24.1 Å². The summed E-state index contributed by atoms with van der Waals surface area (Å²) in [5.41, 5.74) is 0.648. The maximum absolute atomic E-state index is 14.2. The van der Waals surface area contributed by atoms with Gasteiger partial charge in [-0.3, -0.25) is 13.9 Å². The molecule has 0 bridgehead atoms. The minimum Gasteiger partial charge on any atom is -0.497 e. The predicted octanol–water partition coefficient (Wildman–Crippen LogP) is 5.54. The summed E-state index contributed by atoms with van der Waals surface area (Å²) in [6.45, 7) is 3.44. The average Bonchev–Trinajstić information content (AvgIpc) is 2.99. The number of carbonyl (C=O) groups excluding carboxylic acids is 2. The largest absolute Gasteiger partial charge is 0.497 e. The molecule has 12 heteroatoms. The summed E-state index contributed by atoms with van der Waals surface area (Å²) in [6, 6.07) is 16.4. The molecular weight excluding hydrogens is 601 g/mol. The average molecular weight is 637 g/mol. The number of ether oxygens (including phenoxy) is 2. The van der Waals surface area contributed by atoms with Crippen LogP contribution < -0.4 is 19.1 Å². The molecule has 0 saturated heterocycles. The summed E-state index contributed by atoms with van der Waals surface area (Å²) in [5.74, 6) is -0.400. The van der Waals surface area contributed by atoms with E-state index in [1.807, 2.05) is 6.92 Å². The molecule has 1 unspecified atom stereocenters. The van der Waals surface area contributed by atoms with Crippen molar-refractivity contribution in [3.8, 4) is 11.5 Å². The fraction of sp³-hybridized carbons (Fsp3) is 0.333. The highest BCUT2D eigenvalue weighted by Gasteiger charge is 2.35. The fourth-order valence-electron chi connectivity index (χ4n) is 4.34. The van der Waals surface area contributed by atoms with Gasteiger partial charge in [-0.1, -0.05) is 61.3 Å². The number of nitrogens with zero attached hydrogens (tertiary/aromatic N) is 2. The quantitative estimate of drug-likeness (QED) is 0.249. The van der Waals surface area contributed by atoms with Gasteiger partial charge >= 0.3 is 0 Å². The number of hydrogen-bond donors (Lipinski definition) is 1. The Balaban J connectivity index is 2.15. The van der Waals surface area contributed by atoms with Crippen molar-refractivity contribution in [2.24, 2.45) is 0 Å². The van der Waals surface area contributed by atoms with Crippen molar-refractivity contribution in [1.29, 1.82) is 0 Å². The van der Waals surface area contributed by atoms with Crippen molar-refractivity contribution >= 4 is 50.7 Å². The Kier molecular flexibility index (Phi) is 11.9. The van der Waals surface area contributed by atoms with Gasteiger partial charge < -0.3 is 19.7 Å². The maximum atomic E-state index is 14.2. The van der Waals surface area contributed by atoms with Crippen molar-refractivity contribution in [1.82, 2.24) is 10.2 Å². The van der Waals surface area contributed by atoms with Crippen molar-refractivity contribution < 1.29 is 27.5 Å². The zero-order valence-corrected chi connectivity index (χ0v) is 26.3. The monoisotopic (exact) mass is 635 g/mol. The molecular formula is C30H35Cl2N3O6S. The van der Waals surface area contributed by atoms with E-state index >= 15 is 0 Å². The molecule has 1 N–H and O–H groups in total. The third kappa shape index (κ3) is 7.87. The molecule has 0 aromatic heterocycles. The van der Waals surface area contributed by atoms with Crippen LogP contribution in [0, 0.1) is 0 Å². The number of carbonyl (C=O) groups is 2. The molecule has 3 aromatic rings. The Bertz CT molecular complexity index is 1490. The summed E-state index contributed by atoms with van der Waals surface area (Å²) in [5, 5.41) is 3.58. The summed E-state index contributed by atoms with van der Waals surface area (Å²) in [7, 11) is -1.43. The van der Waals surface area contributed by atoms with Gasteiger partial charge in [0.15, 0.2) is 0 Å². The molecule has 0 spiro atoms. The molecule has 0 saturated carbocycles. The Hall–Kier alpha value is -3.47. The van der Waals surface area contributed by atoms with Gasteiger partial charge in [0.05, 0.1) is 24.8 Å². The molecule has 0 radical (unpaired) electrons. The van der Waals surface area contributed by atoms with Gasteiger partial charge in [0, 0.05) is 29.2 Å². The Morgan fingerprint density at radius 3 is 2.26 bits per heavy atom. The lowest BCUT2D eigenvalue weighted by Crippen LogP contribution is -2.52. The molecule has 9 nitrogen and oxygen atoms in total. The first kappa shape index (κ1) is 33.0. The summed E-state index contributed by atoms with van der Waals surface area (Å²) >= 11 is 12.5. The van der Waals surface area contributed by atoms with Crippen LogP contribution in [0.5, 0.6) is 11.5 Å². The summed E-state index contributed by atoms with van der Waals surface area (Å²) < 4.78 is 39.9. The zero-order chi connectivity index (χ0) is 30.9. The molecule has 226 valence electrons. The zero-order valence-electron chi connectivity index (χ0n) is 24.0. The van der Waals surface area contributed by atoms with Crippen LogP contribution in [0.3, 0.4) is 0 Å². The van der Waals surface area contributed by atoms with Crippen molar-refractivity contribution in [2.45, 2.75) is 44.2 Å². The van der Waals surface area contributed by atoms with Gasteiger partial charge in [0.25, 0.3) is 10.0 Å². The molecule has 42 heavy (non-hydrogen) atoms. The van der Waals surface area contributed by atoms with Crippen LogP contribution >= 0.6 is 23.2 Å². The number of benzene rings is 3. The molecule has 0 aliphatic rings. The maximum Gasteiger partial charge on any atom is 0.264 e. The van der Waals surface area contributed by atoms with Crippen LogP contribution in [0.15, 0.2) is 71.6 Å². The highest BCUT2D eigenvalue weighted by Crippen LogP contribution is 2.36. The van der Waals surface area contributed by atoms with Crippen LogP contribution in [0.4, 0.5) is 5.69 Å². The van der Waals surface area contributed by atoms with E-state index in [1.54, 1.807) is 55.5 Å². The molecule has 1 atom stereocenters. The minimum atomic E-state index is -4.29. The topological polar surface area (TPSA) is 105 Å². The van der Waals surface area contributed by atoms with E-state index in [-0.39, 0.29) is 35.2 Å².